The molecule has 0 aliphatic carbocycles. The zero-order valence-electron chi connectivity index (χ0n) is 15.3. The lowest BCUT2D eigenvalue weighted by Crippen LogP contribution is -2.48. The fraction of sp³-hybridized carbons (Fsp3) is 0.300. The highest BCUT2D eigenvalue weighted by molar-refractivity contribution is 6.04. The van der Waals surface area contributed by atoms with Gasteiger partial charge >= 0.3 is 0 Å². The number of aryl methyl sites for hydroxylation is 1. The second-order valence-corrected chi connectivity index (χ2v) is 6.47. The monoisotopic (exact) mass is 366 g/mol. The molecule has 1 aliphatic heterocycles. The Balaban J connectivity index is 1.47. The summed E-state index contributed by atoms with van der Waals surface area (Å²) in [5, 5.41) is 9.43. The van der Waals surface area contributed by atoms with Gasteiger partial charge in [-0.25, -0.2) is 0 Å². The number of carbonyl (C=O) groups excluding carboxylic acids is 2. The summed E-state index contributed by atoms with van der Waals surface area (Å²) < 4.78 is 0. The minimum Gasteiger partial charge on any atom is -0.382 e. The van der Waals surface area contributed by atoms with Crippen LogP contribution in [-0.4, -0.2) is 34.7 Å². The third-order valence-electron chi connectivity index (χ3n) is 4.27. The minimum atomic E-state index is -0.729. The van der Waals surface area contributed by atoms with Gasteiger partial charge in [-0.15, -0.1) is 0 Å². The lowest BCUT2D eigenvalue weighted by atomic mass is 10.0. The Morgan fingerprint density at radius 3 is 2.70 bits per heavy atom. The Labute approximate surface area is 157 Å². The lowest BCUT2D eigenvalue weighted by Gasteiger charge is -2.16. The molecule has 0 spiro atoms. The smallest absolute Gasteiger partial charge is 0.264 e. The molecule has 1 aromatic heterocycles. The molecular formula is C20H22N4O3. The molecule has 2 atom stereocenters. The fourth-order valence-electron chi connectivity index (χ4n) is 2.64. The van der Waals surface area contributed by atoms with Crippen LogP contribution in [0.2, 0.25) is 0 Å². The molecule has 0 fully saturated rings. The second-order valence-electron chi connectivity index (χ2n) is 6.47. The first kappa shape index (κ1) is 18.6. The number of nitrogens with one attached hydrogen (secondary N) is 2. The van der Waals surface area contributed by atoms with Crippen molar-refractivity contribution in [2.45, 2.75) is 39.0 Å². The summed E-state index contributed by atoms with van der Waals surface area (Å²) in [6.07, 6.45) is 1.31. The van der Waals surface area contributed by atoms with Crippen molar-refractivity contribution in [2.24, 2.45) is 5.16 Å². The zero-order valence-corrected chi connectivity index (χ0v) is 15.3. The molecule has 2 heterocycles. The molecule has 0 saturated carbocycles. The van der Waals surface area contributed by atoms with E-state index >= 15 is 0 Å². The first-order valence-electron chi connectivity index (χ1n) is 8.80. The summed E-state index contributed by atoms with van der Waals surface area (Å²) in [4.78, 5) is 33.9. The quantitative estimate of drug-likeness (QED) is 0.814. The minimum absolute atomic E-state index is 0.285. The van der Waals surface area contributed by atoms with Crippen molar-refractivity contribution in [1.29, 1.82) is 0 Å². The average molecular weight is 366 g/mol. The molecule has 7 nitrogen and oxygen atoms in total. The number of pyridine rings is 1. The maximum Gasteiger partial charge on any atom is 0.264 e. The number of benzene rings is 1. The van der Waals surface area contributed by atoms with Crippen LogP contribution in [0.1, 0.15) is 30.2 Å². The van der Waals surface area contributed by atoms with Gasteiger partial charge in [0.2, 0.25) is 12.0 Å². The number of carbonyl (C=O) groups is 2. The Bertz CT molecular complexity index is 834. The van der Waals surface area contributed by atoms with E-state index in [1.807, 2.05) is 49.4 Å². The van der Waals surface area contributed by atoms with Gasteiger partial charge in [-0.3, -0.25) is 14.6 Å². The summed E-state index contributed by atoms with van der Waals surface area (Å²) in [7, 11) is 0. The molecule has 140 valence electrons. The molecule has 0 radical (unpaired) electrons. The van der Waals surface area contributed by atoms with E-state index in [2.05, 4.69) is 20.8 Å². The van der Waals surface area contributed by atoms with Crippen molar-refractivity contribution in [1.82, 2.24) is 15.6 Å². The topological polar surface area (TPSA) is 92.7 Å². The van der Waals surface area contributed by atoms with E-state index in [-0.39, 0.29) is 11.8 Å². The van der Waals surface area contributed by atoms with E-state index in [9.17, 15) is 9.59 Å². The maximum atomic E-state index is 12.4. The van der Waals surface area contributed by atoms with E-state index in [4.69, 9.17) is 4.84 Å². The summed E-state index contributed by atoms with van der Waals surface area (Å²) in [6.45, 7) is 3.94. The molecular weight excluding hydrogens is 344 g/mol. The van der Waals surface area contributed by atoms with Crippen LogP contribution in [0, 0.1) is 6.92 Å². The molecule has 0 unspecified atom stereocenters. The number of nitrogens with zero attached hydrogens (tertiary/aromatic N) is 2. The number of rotatable bonds is 6. The van der Waals surface area contributed by atoms with Gasteiger partial charge in [0.25, 0.3) is 5.91 Å². The number of hydrogen-bond acceptors (Lipinski definition) is 5. The molecule has 0 bridgehead atoms. The van der Waals surface area contributed by atoms with Crippen LogP contribution in [-0.2, 0) is 21.0 Å². The standard InChI is InChI=1S/C20H22N4O3/c1-13-6-8-15(9-7-13)17-11-18(27-24-17)20(26)23-14(2)19(25)22-12-16-5-3-4-10-21-16/h3-10,14,18H,11-12H2,1-2H3,(H,22,25)(H,23,26)/t14-,18-/m1/s1. The van der Waals surface area contributed by atoms with Gasteiger partial charge in [0.1, 0.15) is 6.04 Å². The number of oxime groups is 1. The van der Waals surface area contributed by atoms with Gasteiger partial charge in [-0.05, 0) is 31.5 Å². The molecule has 2 N–H and O–H groups in total. The number of aromatic nitrogens is 1. The third-order valence-corrected chi connectivity index (χ3v) is 4.27. The van der Waals surface area contributed by atoms with E-state index in [1.54, 1.807) is 13.1 Å². The van der Waals surface area contributed by atoms with Crippen molar-refractivity contribution in [3.8, 4) is 0 Å². The summed E-state index contributed by atoms with van der Waals surface area (Å²) in [6, 6.07) is 12.7. The average Bonchev–Trinajstić information content (AvgIpc) is 3.17. The third kappa shape index (κ3) is 4.91. The Hall–Kier alpha value is -3.22. The lowest BCUT2D eigenvalue weighted by molar-refractivity contribution is -0.135. The van der Waals surface area contributed by atoms with Crippen molar-refractivity contribution in [2.75, 3.05) is 0 Å². The number of hydrogen-bond donors (Lipinski definition) is 2. The molecule has 2 aromatic rings. The van der Waals surface area contributed by atoms with E-state index < -0.39 is 12.1 Å². The SMILES string of the molecule is Cc1ccc(C2=NO[C@@H](C(=O)N[C@H](C)C(=O)NCc3ccccn3)C2)cc1. The van der Waals surface area contributed by atoms with E-state index in [0.29, 0.717) is 13.0 Å². The van der Waals surface area contributed by atoms with Crippen LogP contribution in [0.4, 0.5) is 0 Å². The molecule has 1 aromatic carbocycles. The van der Waals surface area contributed by atoms with E-state index in [0.717, 1.165) is 22.5 Å². The number of amides is 2. The van der Waals surface area contributed by atoms with E-state index in [1.165, 1.54) is 0 Å². The van der Waals surface area contributed by atoms with Crippen LogP contribution in [0.15, 0.2) is 53.8 Å². The summed E-state index contributed by atoms with van der Waals surface area (Å²) in [5.74, 6) is -0.645. The van der Waals surface area contributed by atoms with Gasteiger partial charge in [-0.1, -0.05) is 41.1 Å². The van der Waals surface area contributed by atoms with Crippen LogP contribution in [0.3, 0.4) is 0 Å². The van der Waals surface area contributed by atoms with Crippen LogP contribution >= 0.6 is 0 Å². The Morgan fingerprint density at radius 1 is 1.22 bits per heavy atom. The highest BCUT2D eigenvalue weighted by Gasteiger charge is 2.30. The Kier molecular flexibility index (Phi) is 5.80. The van der Waals surface area contributed by atoms with Crippen LogP contribution in [0.25, 0.3) is 0 Å². The molecule has 3 rings (SSSR count). The second kappa shape index (κ2) is 8.44. The first-order valence-corrected chi connectivity index (χ1v) is 8.80. The highest BCUT2D eigenvalue weighted by Crippen LogP contribution is 2.17. The predicted molar refractivity (Wildman–Crippen MR) is 101 cm³/mol. The normalized spacial score (nSPS) is 16.8. The van der Waals surface area contributed by atoms with Gasteiger partial charge in [0, 0.05) is 12.6 Å². The summed E-state index contributed by atoms with van der Waals surface area (Å²) >= 11 is 0. The first-order chi connectivity index (χ1) is 13.0. The molecule has 27 heavy (non-hydrogen) atoms. The largest absolute Gasteiger partial charge is 0.382 e. The van der Waals surface area contributed by atoms with Crippen molar-refractivity contribution in [3.63, 3.8) is 0 Å². The molecule has 7 heteroatoms. The fourth-order valence-corrected chi connectivity index (χ4v) is 2.64. The Morgan fingerprint density at radius 2 is 2.00 bits per heavy atom. The van der Waals surface area contributed by atoms with Gasteiger partial charge in [0.05, 0.1) is 18.0 Å². The zero-order chi connectivity index (χ0) is 19.2. The van der Waals surface area contributed by atoms with Gasteiger partial charge in [0.15, 0.2) is 0 Å². The van der Waals surface area contributed by atoms with Crippen molar-refractivity contribution >= 4 is 17.5 Å². The molecule has 1 aliphatic rings. The van der Waals surface area contributed by atoms with Gasteiger partial charge < -0.3 is 15.5 Å². The van der Waals surface area contributed by atoms with Crippen molar-refractivity contribution < 1.29 is 14.4 Å². The molecule has 0 saturated heterocycles. The maximum absolute atomic E-state index is 12.4. The predicted octanol–water partition coefficient (Wildman–Crippen LogP) is 1.70. The van der Waals surface area contributed by atoms with Crippen LogP contribution in [0.5, 0.6) is 0 Å². The summed E-state index contributed by atoms with van der Waals surface area (Å²) in [5.41, 5.74) is 3.55. The van der Waals surface area contributed by atoms with Crippen LogP contribution < -0.4 is 10.6 Å². The molecule has 2 amide bonds. The highest BCUT2D eigenvalue weighted by atomic mass is 16.6. The van der Waals surface area contributed by atoms with Gasteiger partial charge in [-0.2, -0.15) is 0 Å². The van der Waals surface area contributed by atoms with Crippen molar-refractivity contribution in [3.05, 3.63) is 65.5 Å².